The van der Waals surface area contributed by atoms with Crippen LogP contribution >= 0.6 is 22.6 Å². The molecular weight excluding hydrogens is 525 g/mol. The number of nitrogens with zero attached hydrogens (tertiary/aromatic N) is 1. The summed E-state index contributed by atoms with van der Waals surface area (Å²) in [4.78, 5) is 24.4. The van der Waals surface area contributed by atoms with Crippen LogP contribution in [-0.4, -0.2) is 44.9 Å². The van der Waals surface area contributed by atoms with Gasteiger partial charge in [0.15, 0.2) is 11.5 Å². The van der Waals surface area contributed by atoms with Gasteiger partial charge in [-0.1, -0.05) is 18.1 Å². The lowest BCUT2D eigenvalue weighted by Gasteiger charge is -2.13. The predicted octanol–water partition coefficient (Wildman–Crippen LogP) is 2.52. The van der Waals surface area contributed by atoms with Crippen LogP contribution in [0.15, 0.2) is 41.5 Å². The van der Waals surface area contributed by atoms with Gasteiger partial charge >= 0.3 is 0 Å². The Morgan fingerprint density at radius 1 is 1.22 bits per heavy atom. The second-order valence-corrected chi connectivity index (χ2v) is 7.74. The molecule has 1 unspecified atom stereocenters. The number of nitrogens with one attached hydrogen (secondary N) is 2. The van der Waals surface area contributed by atoms with Crippen LogP contribution in [0.5, 0.6) is 17.2 Å². The zero-order chi connectivity index (χ0) is 23.5. The van der Waals surface area contributed by atoms with Crippen molar-refractivity contribution in [3.05, 3.63) is 51.1 Å². The summed E-state index contributed by atoms with van der Waals surface area (Å²) in [6.07, 6.45) is 6.86. The molecule has 2 amide bonds. The lowest BCUT2D eigenvalue weighted by atomic mass is 10.1. The van der Waals surface area contributed by atoms with E-state index in [1.54, 1.807) is 44.4 Å². The zero-order valence-electron chi connectivity index (χ0n) is 18.0. The Kier molecular flexibility index (Phi) is 9.81. The van der Waals surface area contributed by atoms with Gasteiger partial charge in [0, 0.05) is 0 Å². The van der Waals surface area contributed by atoms with Crippen LogP contribution in [0.3, 0.4) is 0 Å². The van der Waals surface area contributed by atoms with Crippen LogP contribution in [0.2, 0.25) is 0 Å². The Bertz CT molecular complexity index is 1020. The smallest absolute Gasteiger partial charge is 0.262 e. The molecule has 0 aliphatic heterocycles. The lowest BCUT2D eigenvalue weighted by Crippen LogP contribution is -2.43. The van der Waals surface area contributed by atoms with Gasteiger partial charge in [-0.05, 0) is 64.9 Å². The summed E-state index contributed by atoms with van der Waals surface area (Å²) in [7, 11) is 3.10. The summed E-state index contributed by atoms with van der Waals surface area (Å²) in [5.41, 5.74) is 3.92. The number of terminal acetylenes is 1. The molecule has 2 aromatic carbocycles. The van der Waals surface area contributed by atoms with E-state index in [1.165, 1.54) is 13.3 Å². The topological polar surface area (TPSA) is 98.2 Å². The molecule has 0 saturated carbocycles. The minimum Gasteiger partial charge on any atom is -0.497 e. The molecule has 2 rings (SSSR count). The normalized spacial score (nSPS) is 11.3. The van der Waals surface area contributed by atoms with Gasteiger partial charge in [-0.3, -0.25) is 9.59 Å². The predicted molar refractivity (Wildman–Crippen MR) is 130 cm³/mol. The van der Waals surface area contributed by atoms with Gasteiger partial charge in [-0.15, -0.1) is 6.42 Å². The second kappa shape index (κ2) is 12.6. The summed E-state index contributed by atoms with van der Waals surface area (Å²) >= 11 is 2.10. The second-order valence-electron chi connectivity index (χ2n) is 6.58. The van der Waals surface area contributed by atoms with Gasteiger partial charge in [0.05, 0.1) is 30.4 Å². The number of benzene rings is 2. The van der Waals surface area contributed by atoms with Crippen LogP contribution in [0.1, 0.15) is 18.1 Å². The monoisotopic (exact) mass is 549 g/mol. The molecule has 1 atom stereocenters. The minimum atomic E-state index is -0.757. The number of ether oxygens (including phenoxy) is 3. The Morgan fingerprint density at radius 3 is 2.56 bits per heavy atom. The van der Waals surface area contributed by atoms with Crippen molar-refractivity contribution in [3.63, 3.8) is 0 Å². The van der Waals surface area contributed by atoms with Crippen molar-refractivity contribution < 1.29 is 23.8 Å². The summed E-state index contributed by atoms with van der Waals surface area (Å²) in [6.45, 7) is 1.71. The van der Waals surface area contributed by atoms with Gasteiger partial charge in [0.25, 0.3) is 5.91 Å². The number of halogens is 1. The van der Waals surface area contributed by atoms with Crippen molar-refractivity contribution in [1.29, 1.82) is 0 Å². The van der Waals surface area contributed by atoms with E-state index in [4.69, 9.17) is 20.6 Å². The SMILES string of the molecule is C#CCOc1c(I)cc(C=NNC(=O)C(C)NC(=O)Cc2ccc(OC)cc2)cc1OC. The van der Waals surface area contributed by atoms with Gasteiger partial charge < -0.3 is 19.5 Å². The molecule has 0 heterocycles. The van der Waals surface area contributed by atoms with Crippen molar-refractivity contribution in [1.82, 2.24) is 10.7 Å². The first kappa shape index (κ1) is 25.0. The Hall–Kier alpha value is -3.26. The van der Waals surface area contributed by atoms with E-state index in [2.05, 4.69) is 44.4 Å². The minimum absolute atomic E-state index is 0.123. The fourth-order valence-electron chi connectivity index (χ4n) is 2.62. The van der Waals surface area contributed by atoms with Gasteiger partial charge in [-0.25, -0.2) is 5.43 Å². The highest BCUT2D eigenvalue weighted by Crippen LogP contribution is 2.33. The molecule has 0 spiro atoms. The van der Waals surface area contributed by atoms with E-state index in [9.17, 15) is 9.59 Å². The van der Waals surface area contributed by atoms with Crippen LogP contribution in [0.4, 0.5) is 0 Å². The molecule has 0 aromatic heterocycles. The van der Waals surface area contributed by atoms with Gasteiger partial charge in [0.1, 0.15) is 18.4 Å². The van der Waals surface area contributed by atoms with E-state index in [0.717, 1.165) is 9.13 Å². The summed E-state index contributed by atoms with van der Waals surface area (Å²) < 4.78 is 16.7. The summed E-state index contributed by atoms with van der Waals surface area (Å²) in [5.74, 6) is 3.44. The number of hydrogen-bond donors (Lipinski definition) is 2. The number of carbonyl (C=O) groups excluding carboxylic acids is 2. The highest BCUT2D eigenvalue weighted by Gasteiger charge is 2.15. The zero-order valence-corrected chi connectivity index (χ0v) is 20.1. The van der Waals surface area contributed by atoms with Gasteiger partial charge in [-0.2, -0.15) is 5.10 Å². The van der Waals surface area contributed by atoms with Crippen LogP contribution in [0, 0.1) is 15.9 Å². The van der Waals surface area contributed by atoms with Crippen molar-refractivity contribution in [2.45, 2.75) is 19.4 Å². The van der Waals surface area contributed by atoms with Crippen LogP contribution < -0.4 is 25.0 Å². The third-order valence-electron chi connectivity index (χ3n) is 4.23. The van der Waals surface area contributed by atoms with Crippen molar-refractivity contribution >= 4 is 40.6 Å². The molecule has 0 aliphatic rings. The maximum absolute atomic E-state index is 12.2. The Morgan fingerprint density at radius 2 is 1.94 bits per heavy atom. The number of rotatable bonds is 10. The molecule has 0 bridgehead atoms. The fourth-order valence-corrected chi connectivity index (χ4v) is 3.40. The standard InChI is InChI=1S/C23H24IN3O5/c1-5-10-32-22-19(24)11-17(12-20(22)31-4)14-25-27-23(29)15(2)26-21(28)13-16-6-8-18(30-3)9-7-16/h1,6-9,11-12,14-15H,10,13H2,2-4H3,(H,26,28)(H,27,29). The molecule has 8 nitrogen and oxygen atoms in total. The molecule has 32 heavy (non-hydrogen) atoms. The fraction of sp³-hybridized carbons (Fsp3) is 0.261. The number of methoxy groups -OCH3 is 2. The third-order valence-corrected chi connectivity index (χ3v) is 5.04. The van der Waals surface area contributed by atoms with E-state index in [0.29, 0.717) is 22.8 Å². The molecule has 0 fully saturated rings. The molecule has 168 valence electrons. The molecule has 2 N–H and O–H groups in total. The number of hydrazone groups is 1. The largest absolute Gasteiger partial charge is 0.497 e. The third kappa shape index (κ3) is 7.46. The van der Waals surface area contributed by atoms with E-state index in [1.807, 2.05) is 6.07 Å². The average Bonchev–Trinajstić information content (AvgIpc) is 2.78. The first-order valence-corrected chi connectivity index (χ1v) is 10.6. The maximum Gasteiger partial charge on any atom is 0.262 e. The first-order chi connectivity index (χ1) is 15.4. The molecule has 0 radical (unpaired) electrons. The average molecular weight is 549 g/mol. The van der Waals surface area contributed by atoms with E-state index >= 15 is 0 Å². The summed E-state index contributed by atoms with van der Waals surface area (Å²) in [6, 6.07) is 9.91. The Labute approximate surface area is 200 Å². The van der Waals surface area contributed by atoms with Crippen molar-refractivity contribution in [2.75, 3.05) is 20.8 Å². The maximum atomic E-state index is 12.2. The van der Waals surface area contributed by atoms with E-state index in [-0.39, 0.29) is 18.9 Å². The highest BCUT2D eigenvalue weighted by atomic mass is 127. The first-order valence-electron chi connectivity index (χ1n) is 9.57. The molecule has 9 heteroatoms. The lowest BCUT2D eigenvalue weighted by molar-refractivity contribution is -0.128. The van der Waals surface area contributed by atoms with Crippen LogP contribution in [0.25, 0.3) is 0 Å². The summed E-state index contributed by atoms with van der Waals surface area (Å²) in [5, 5.41) is 6.61. The Balaban J connectivity index is 1.91. The molecule has 0 saturated heterocycles. The quantitative estimate of drug-likeness (QED) is 0.206. The highest BCUT2D eigenvalue weighted by molar-refractivity contribution is 14.1. The van der Waals surface area contributed by atoms with E-state index < -0.39 is 11.9 Å². The molecule has 2 aromatic rings. The van der Waals surface area contributed by atoms with Crippen LogP contribution in [-0.2, 0) is 16.0 Å². The van der Waals surface area contributed by atoms with Crippen molar-refractivity contribution in [3.8, 4) is 29.6 Å². The molecule has 0 aliphatic carbocycles. The molecular formula is C23H24IN3O5. The van der Waals surface area contributed by atoms with Crippen molar-refractivity contribution in [2.24, 2.45) is 5.10 Å². The van der Waals surface area contributed by atoms with Gasteiger partial charge in [0.2, 0.25) is 5.91 Å². The number of amides is 2. The number of hydrogen-bond acceptors (Lipinski definition) is 6. The number of carbonyl (C=O) groups is 2.